The average Bonchev–Trinajstić information content (AvgIpc) is 3.85. The van der Waals surface area contributed by atoms with Crippen molar-refractivity contribution in [1.29, 1.82) is 0 Å². The summed E-state index contributed by atoms with van der Waals surface area (Å²) in [5.41, 5.74) is 9.47. The number of aryl methyl sites for hydroxylation is 2. The van der Waals surface area contributed by atoms with E-state index in [1.807, 2.05) is 0 Å². The number of rotatable bonds is 8. The first-order valence-corrected chi connectivity index (χ1v) is 13.0. The summed E-state index contributed by atoms with van der Waals surface area (Å²) in [5, 5.41) is 0. The molecule has 0 amide bonds. The highest BCUT2D eigenvalue weighted by Gasteiger charge is 2.46. The molecule has 0 radical (unpaired) electrons. The number of ether oxygens (including phenoxy) is 4. The largest absolute Gasteiger partial charge is 0.491 e. The number of hydrogen-bond donors (Lipinski definition) is 0. The molecule has 2 heterocycles. The Hall–Kier alpha value is -3.60. The average molecular weight is 491 g/mol. The summed E-state index contributed by atoms with van der Waals surface area (Å²) in [5.74, 6) is 1.83. The van der Waals surface area contributed by atoms with Gasteiger partial charge in [0.25, 0.3) is 0 Å². The van der Waals surface area contributed by atoms with Crippen LogP contribution >= 0.6 is 0 Å². The van der Waals surface area contributed by atoms with E-state index >= 15 is 0 Å². The fraction of sp³-hybridized carbons (Fsp3) is 0.273. The van der Waals surface area contributed by atoms with Gasteiger partial charge in [-0.05, 0) is 70.5 Å². The van der Waals surface area contributed by atoms with Gasteiger partial charge in [-0.15, -0.1) is 0 Å². The van der Waals surface area contributed by atoms with Gasteiger partial charge in [-0.25, -0.2) is 0 Å². The first-order valence-electron chi connectivity index (χ1n) is 13.0. The number of fused-ring (bicyclic) bond motifs is 3. The van der Waals surface area contributed by atoms with E-state index in [1.54, 1.807) is 0 Å². The minimum Gasteiger partial charge on any atom is -0.491 e. The van der Waals surface area contributed by atoms with Gasteiger partial charge in [0.05, 0.1) is 18.6 Å². The van der Waals surface area contributed by atoms with Crippen molar-refractivity contribution in [2.75, 3.05) is 26.4 Å². The van der Waals surface area contributed by atoms with Crippen LogP contribution in [0.3, 0.4) is 0 Å². The predicted molar refractivity (Wildman–Crippen MR) is 144 cm³/mol. The molecule has 0 aromatic heterocycles. The highest BCUT2D eigenvalue weighted by atomic mass is 16.6. The number of epoxide rings is 2. The molecule has 2 fully saturated rings. The molecule has 4 aromatic carbocycles. The van der Waals surface area contributed by atoms with Crippen LogP contribution in [0.15, 0.2) is 84.9 Å². The molecule has 37 heavy (non-hydrogen) atoms. The lowest BCUT2D eigenvalue weighted by Gasteiger charge is -2.35. The van der Waals surface area contributed by atoms with E-state index in [-0.39, 0.29) is 12.2 Å². The van der Waals surface area contributed by atoms with E-state index in [2.05, 4.69) is 98.8 Å². The van der Waals surface area contributed by atoms with Gasteiger partial charge < -0.3 is 18.9 Å². The van der Waals surface area contributed by atoms with E-state index in [9.17, 15) is 0 Å². The Morgan fingerprint density at radius 1 is 0.676 bits per heavy atom. The molecular weight excluding hydrogens is 460 g/mol. The molecule has 2 aliphatic heterocycles. The Labute approximate surface area is 217 Å². The summed E-state index contributed by atoms with van der Waals surface area (Å²) in [6.45, 7) is 7.09. The van der Waals surface area contributed by atoms with E-state index in [4.69, 9.17) is 18.9 Å². The van der Waals surface area contributed by atoms with Crippen LogP contribution in [0.1, 0.15) is 33.4 Å². The van der Waals surface area contributed by atoms with Crippen molar-refractivity contribution in [1.82, 2.24) is 0 Å². The van der Waals surface area contributed by atoms with Crippen molar-refractivity contribution >= 4 is 0 Å². The third kappa shape index (κ3) is 3.83. The summed E-state index contributed by atoms with van der Waals surface area (Å²) >= 11 is 0. The molecule has 1 aliphatic carbocycles. The fourth-order valence-electron chi connectivity index (χ4n) is 5.91. The zero-order valence-corrected chi connectivity index (χ0v) is 21.2. The second-order valence-electron chi connectivity index (χ2n) is 10.3. The van der Waals surface area contributed by atoms with Gasteiger partial charge in [-0.2, -0.15) is 0 Å². The van der Waals surface area contributed by atoms with Crippen molar-refractivity contribution < 1.29 is 18.9 Å². The van der Waals surface area contributed by atoms with Gasteiger partial charge in [-0.1, -0.05) is 72.8 Å². The molecule has 7 rings (SSSR count). The molecule has 0 spiro atoms. The van der Waals surface area contributed by atoms with E-state index < -0.39 is 5.41 Å². The monoisotopic (exact) mass is 490 g/mol. The summed E-state index contributed by atoms with van der Waals surface area (Å²) in [6.07, 6.45) is 0.461. The summed E-state index contributed by atoms with van der Waals surface area (Å²) in [6, 6.07) is 30.9. The maximum atomic E-state index is 6.20. The van der Waals surface area contributed by atoms with Crippen LogP contribution in [0.25, 0.3) is 11.1 Å². The molecule has 4 aromatic rings. The van der Waals surface area contributed by atoms with Gasteiger partial charge in [0, 0.05) is 0 Å². The van der Waals surface area contributed by atoms with Crippen molar-refractivity contribution in [3.8, 4) is 22.6 Å². The Kier molecular flexibility index (Phi) is 5.35. The lowest BCUT2D eigenvalue weighted by molar-refractivity contribution is 0.260. The van der Waals surface area contributed by atoms with Gasteiger partial charge in [-0.3, -0.25) is 0 Å². The SMILES string of the molecule is Cc1cc(C2(c3ccc(OCC4CO4)cc3)c3ccccc3-c3ccccc32)cc(C)c1OCC1CO1. The standard InChI is InChI=1S/C33H30O4/c1-21-15-24(16-22(2)32(21)37-20-27-19-36-27)33(23-11-13-25(14-12-23)34-17-26-18-35-26)30-9-5-3-7-28(30)29-8-4-6-10-31(29)33/h3-16,26-27H,17-20H2,1-2H3. The topological polar surface area (TPSA) is 43.5 Å². The van der Waals surface area contributed by atoms with Crippen LogP contribution in [-0.4, -0.2) is 38.6 Å². The smallest absolute Gasteiger partial charge is 0.125 e. The molecule has 0 bridgehead atoms. The third-order valence-electron chi connectivity index (χ3n) is 7.79. The zero-order valence-electron chi connectivity index (χ0n) is 21.2. The molecule has 186 valence electrons. The lowest BCUT2D eigenvalue weighted by atomic mass is 9.67. The van der Waals surface area contributed by atoms with Crippen LogP contribution in [0.5, 0.6) is 11.5 Å². The van der Waals surface area contributed by atoms with Crippen LogP contribution < -0.4 is 9.47 Å². The Morgan fingerprint density at radius 2 is 1.19 bits per heavy atom. The molecule has 0 saturated carbocycles. The summed E-state index contributed by atoms with van der Waals surface area (Å²) < 4.78 is 22.9. The van der Waals surface area contributed by atoms with Gasteiger partial charge in [0.15, 0.2) is 0 Å². The minimum atomic E-state index is -0.445. The molecule has 4 heteroatoms. The molecule has 0 N–H and O–H groups in total. The maximum absolute atomic E-state index is 6.20. The minimum absolute atomic E-state index is 0.227. The van der Waals surface area contributed by atoms with Crippen LogP contribution in [0.4, 0.5) is 0 Å². The van der Waals surface area contributed by atoms with Gasteiger partial charge in [0.2, 0.25) is 0 Å². The van der Waals surface area contributed by atoms with Crippen molar-refractivity contribution in [2.24, 2.45) is 0 Å². The maximum Gasteiger partial charge on any atom is 0.125 e. The highest BCUT2D eigenvalue weighted by molar-refractivity contribution is 5.86. The summed E-state index contributed by atoms with van der Waals surface area (Å²) in [7, 11) is 0. The van der Waals surface area contributed by atoms with Gasteiger partial charge in [0.1, 0.15) is 36.9 Å². The first kappa shape index (κ1) is 22.6. The summed E-state index contributed by atoms with van der Waals surface area (Å²) in [4.78, 5) is 0. The molecule has 3 aliphatic rings. The zero-order chi connectivity index (χ0) is 25.0. The fourth-order valence-corrected chi connectivity index (χ4v) is 5.91. The third-order valence-corrected chi connectivity index (χ3v) is 7.79. The molecule has 2 atom stereocenters. The molecule has 4 nitrogen and oxygen atoms in total. The quantitative estimate of drug-likeness (QED) is 0.242. The van der Waals surface area contributed by atoms with Crippen LogP contribution in [0, 0.1) is 13.8 Å². The van der Waals surface area contributed by atoms with Gasteiger partial charge >= 0.3 is 0 Å². The first-order chi connectivity index (χ1) is 18.1. The Balaban J connectivity index is 1.40. The normalized spacial score (nSPS) is 20.2. The number of hydrogen-bond acceptors (Lipinski definition) is 4. The second-order valence-corrected chi connectivity index (χ2v) is 10.3. The van der Waals surface area contributed by atoms with Crippen molar-refractivity contribution in [3.05, 3.63) is 118 Å². The lowest BCUT2D eigenvalue weighted by Crippen LogP contribution is -2.29. The highest BCUT2D eigenvalue weighted by Crippen LogP contribution is 2.56. The Morgan fingerprint density at radius 3 is 1.73 bits per heavy atom. The van der Waals surface area contributed by atoms with E-state index in [0.717, 1.165) is 35.8 Å². The molecular formula is C33H30O4. The molecule has 2 saturated heterocycles. The van der Waals surface area contributed by atoms with Crippen LogP contribution in [0.2, 0.25) is 0 Å². The molecule has 2 unspecified atom stereocenters. The van der Waals surface area contributed by atoms with Crippen molar-refractivity contribution in [2.45, 2.75) is 31.5 Å². The Bertz CT molecular complexity index is 1400. The van der Waals surface area contributed by atoms with E-state index in [1.165, 1.54) is 33.4 Å². The predicted octanol–water partition coefficient (Wildman–Crippen LogP) is 6.22. The van der Waals surface area contributed by atoms with E-state index in [0.29, 0.717) is 13.2 Å². The van der Waals surface area contributed by atoms with Crippen molar-refractivity contribution in [3.63, 3.8) is 0 Å². The second kappa shape index (κ2) is 8.76. The van der Waals surface area contributed by atoms with Crippen LogP contribution in [-0.2, 0) is 14.9 Å². The number of benzene rings is 4.